The van der Waals surface area contributed by atoms with Gasteiger partial charge in [-0.2, -0.15) is 0 Å². The number of nitrogens with zero attached hydrogens (tertiary/aromatic N) is 1. The van der Waals surface area contributed by atoms with Crippen LogP contribution in [0.4, 0.5) is 0 Å². The lowest BCUT2D eigenvalue weighted by atomic mass is 9.79. The van der Waals surface area contributed by atoms with Crippen molar-refractivity contribution in [1.29, 1.82) is 0 Å². The van der Waals surface area contributed by atoms with Crippen LogP contribution in [0.25, 0.3) is 11.3 Å². The molecule has 4 rings (SSSR count). The minimum absolute atomic E-state index is 0.00372. The minimum atomic E-state index is -0.358. The monoisotopic (exact) mass is 341 g/mol. The summed E-state index contributed by atoms with van der Waals surface area (Å²) in [4.78, 5) is 14.9. The van der Waals surface area contributed by atoms with Gasteiger partial charge in [-0.05, 0) is 49.9 Å². The van der Waals surface area contributed by atoms with E-state index in [2.05, 4.69) is 0 Å². The van der Waals surface area contributed by atoms with Crippen LogP contribution in [0.5, 0.6) is 0 Å². The average Bonchev–Trinajstić information content (AvgIpc) is 3.30. The lowest BCUT2D eigenvalue weighted by Gasteiger charge is -2.42. The van der Waals surface area contributed by atoms with Crippen molar-refractivity contribution in [3.05, 3.63) is 48.2 Å². The van der Waals surface area contributed by atoms with Crippen LogP contribution in [-0.4, -0.2) is 47.3 Å². The Balaban J connectivity index is 1.56. The quantitative estimate of drug-likeness (QED) is 0.932. The maximum atomic E-state index is 13.0. The highest BCUT2D eigenvalue weighted by molar-refractivity contribution is 5.95. The van der Waals surface area contributed by atoms with Gasteiger partial charge in [0, 0.05) is 24.8 Å². The van der Waals surface area contributed by atoms with Crippen LogP contribution in [0.15, 0.2) is 47.1 Å². The Kier molecular flexibility index (Phi) is 4.13. The van der Waals surface area contributed by atoms with Crippen molar-refractivity contribution in [3.63, 3.8) is 0 Å². The molecule has 1 saturated heterocycles. The van der Waals surface area contributed by atoms with Gasteiger partial charge in [-0.1, -0.05) is 12.1 Å². The van der Waals surface area contributed by atoms with Crippen molar-refractivity contribution < 1.29 is 19.1 Å². The highest BCUT2D eigenvalue weighted by Crippen LogP contribution is 2.43. The van der Waals surface area contributed by atoms with Gasteiger partial charge < -0.3 is 19.2 Å². The second kappa shape index (κ2) is 6.32. The molecule has 1 aromatic carbocycles. The SMILES string of the molecule is CO[C@@]12CC[C@H](O)C[C@@H]1N(C(=O)c1ccc(-c3ccco3)cc1)CC2. The Morgan fingerprint density at radius 2 is 2.08 bits per heavy atom. The molecule has 0 spiro atoms. The van der Waals surface area contributed by atoms with E-state index in [0.29, 0.717) is 18.5 Å². The van der Waals surface area contributed by atoms with Gasteiger partial charge in [-0.3, -0.25) is 4.79 Å². The van der Waals surface area contributed by atoms with Crippen LogP contribution in [0.1, 0.15) is 36.0 Å². The number of likely N-dealkylation sites (tertiary alicyclic amines) is 1. The first-order valence-electron chi connectivity index (χ1n) is 8.81. The van der Waals surface area contributed by atoms with E-state index in [1.54, 1.807) is 13.4 Å². The molecule has 5 heteroatoms. The molecule has 0 radical (unpaired) electrons. The Morgan fingerprint density at radius 3 is 2.76 bits per heavy atom. The van der Waals surface area contributed by atoms with Gasteiger partial charge in [-0.15, -0.1) is 0 Å². The van der Waals surface area contributed by atoms with E-state index in [1.165, 1.54) is 0 Å². The summed E-state index contributed by atoms with van der Waals surface area (Å²) in [6, 6.07) is 11.2. The first kappa shape index (κ1) is 16.4. The van der Waals surface area contributed by atoms with Crippen molar-refractivity contribution in [2.45, 2.75) is 43.4 Å². The molecule has 1 saturated carbocycles. The van der Waals surface area contributed by atoms with Gasteiger partial charge in [-0.25, -0.2) is 0 Å². The number of carbonyl (C=O) groups excluding carboxylic acids is 1. The summed E-state index contributed by atoms with van der Waals surface area (Å²) in [5.41, 5.74) is 1.30. The number of rotatable bonds is 3. The number of hydrogen-bond donors (Lipinski definition) is 1. The first-order chi connectivity index (χ1) is 12.1. The smallest absolute Gasteiger partial charge is 0.254 e. The molecule has 132 valence electrons. The maximum absolute atomic E-state index is 13.0. The normalized spacial score (nSPS) is 28.8. The van der Waals surface area contributed by atoms with Gasteiger partial charge in [0.15, 0.2) is 0 Å². The number of methoxy groups -OCH3 is 1. The summed E-state index contributed by atoms with van der Waals surface area (Å²) in [5.74, 6) is 0.790. The van der Waals surface area contributed by atoms with Crippen molar-refractivity contribution in [3.8, 4) is 11.3 Å². The maximum Gasteiger partial charge on any atom is 0.254 e. The molecular weight excluding hydrogens is 318 g/mol. The van der Waals surface area contributed by atoms with Crippen LogP contribution in [-0.2, 0) is 4.74 Å². The number of benzene rings is 1. The Hall–Kier alpha value is -2.11. The molecule has 1 aromatic heterocycles. The van der Waals surface area contributed by atoms with E-state index >= 15 is 0 Å². The second-order valence-corrected chi connectivity index (χ2v) is 7.02. The molecule has 2 fully saturated rings. The highest BCUT2D eigenvalue weighted by Gasteiger charge is 2.52. The fourth-order valence-electron chi connectivity index (χ4n) is 4.31. The first-order valence-corrected chi connectivity index (χ1v) is 8.81. The molecule has 3 atom stereocenters. The molecular formula is C20H23NO4. The average molecular weight is 341 g/mol. The Morgan fingerprint density at radius 1 is 1.28 bits per heavy atom. The van der Waals surface area contributed by atoms with Gasteiger partial charge in [0.1, 0.15) is 5.76 Å². The number of furan rings is 1. The molecule has 1 N–H and O–H groups in total. The van der Waals surface area contributed by atoms with Gasteiger partial charge >= 0.3 is 0 Å². The van der Waals surface area contributed by atoms with Crippen LogP contribution >= 0.6 is 0 Å². The third-order valence-electron chi connectivity index (χ3n) is 5.76. The Bertz CT molecular complexity index is 740. The van der Waals surface area contributed by atoms with Crippen molar-refractivity contribution in [1.82, 2.24) is 4.90 Å². The molecule has 25 heavy (non-hydrogen) atoms. The highest BCUT2D eigenvalue weighted by atomic mass is 16.5. The second-order valence-electron chi connectivity index (χ2n) is 7.02. The fraction of sp³-hybridized carbons (Fsp3) is 0.450. The van der Waals surface area contributed by atoms with Gasteiger partial charge in [0.2, 0.25) is 0 Å². The van der Waals surface area contributed by atoms with E-state index in [4.69, 9.17) is 9.15 Å². The zero-order valence-corrected chi connectivity index (χ0v) is 14.4. The molecule has 2 aliphatic rings. The summed E-state index contributed by atoms with van der Waals surface area (Å²) in [6.07, 6.45) is 4.24. The van der Waals surface area contributed by atoms with Gasteiger partial charge in [0.05, 0.1) is 24.0 Å². The minimum Gasteiger partial charge on any atom is -0.464 e. The van der Waals surface area contributed by atoms with E-state index in [-0.39, 0.29) is 23.7 Å². The van der Waals surface area contributed by atoms with E-state index < -0.39 is 0 Å². The zero-order valence-electron chi connectivity index (χ0n) is 14.4. The zero-order chi connectivity index (χ0) is 17.4. The van der Waals surface area contributed by atoms with Gasteiger partial charge in [0.25, 0.3) is 5.91 Å². The summed E-state index contributed by atoms with van der Waals surface area (Å²) < 4.78 is 11.2. The lowest BCUT2D eigenvalue weighted by Crippen LogP contribution is -2.52. The predicted octanol–water partition coefficient (Wildman–Crippen LogP) is 3.09. The number of aliphatic hydroxyl groups excluding tert-OH is 1. The molecule has 1 amide bonds. The molecule has 1 aliphatic heterocycles. The summed E-state index contributed by atoms with van der Waals surface area (Å²) in [5, 5.41) is 10.1. The number of hydrogen-bond acceptors (Lipinski definition) is 4. The molecule has 0 unspecified atom stereocenters. The Labute approximate surface area is 147 Å². The van der Waals surface area contributed by atoms with Crippen LogP contribution in [0.3, 0.4) is 0 Å². The molecule has 5 nitrogen and oxygen atoms in total. The number of aliphatic hydroxyl groups is 1. The predicted molar refractivity (Wildman–Crippen MR) is 93.2 cm³/mol. The molecule has 1 aliphatic carbocycles. The van der Waals surface area contributed by atoms with E-state index in [1.807, 2.05) is 41.3 Å². The van der Waals surface area contributed by atoms with Crippen LogP contribution in [0.2, 0.25) is 0 Å². The lowest BCUT2D eigenvalue weighted by molar-refractivity contribution is -0.0824. The summed E-state index contributed by atoms with van der Waals surface area (Å²) in [6.45, 7) is 0.671. The van der Waals surface area contributed by atoms with E-state index in [9.17, 15) is 9.90 Å². The third kappa shape index (κ3) is 2.77. The number of amides is 1. The van der Waals surface area contributed by atoms with Crippen molar-refractivity contribution >= 4 is 5.91 Å². The summed E-state index contributed by atoms with van der Waals surface area (Å²) >= 11 is 0. The standard InChI is InChI=1S/C20H23NO4/c1-24-20-9-8-16(22)13-18(20)21(11-10-20)19(23)15-6-4-14(5-7-15)17-3-2-12-25-17/h2-7,12,16,18,22H,8-11,13H2,1H3/t16-,18-,20+/m0/s1. The molecule has 2 aromatic rings. The largest absolute Gasteiger partial charge is 0.464 e. The van der Waals surface area contributed by atoms with Crippen LogP contribution in [0, 0.1) is 0 Å². The molecule has 0 bridgehead atoms. The number of ether oxygens (including phenoxy) is 1. The van der Waals surface area contributed by atoms with Crippen LogP contribution < -0.4 is 0 Å². The molecule has 2 heterocycles. The third-order valence-corrected chi connectivity index (χ3v) is 5.76. The topological polar surface area (TPSA) is 62.9 Å². The number of carbonyl (C=O) groups is 1. The van der Waals surface area contributed by atoms with E-state index in [0.717, 1.165) is 30.6 Å². The van der Waals surface area contributed by atoms with Crippen molar-refractivity contribution in [2.75, 3.05) is 13.7 Å². The summed E-state index contributed by atoms with van der Waals surface area (Å²) in [7, 11) is 1.72. The van der Waals surface area contributed by atoms with Crippen molar-refractivity contribution in [2.24, 2.45) is 0 Å². The fourth-order valence-corrected chi connectivity index (χ4v) is 4.31. The number of fused-ring (bicyclic) bond motifs is 1.